The molecule has 144 valence electrons. The Morgan fingerprint density at radius 1 is 1.08 bits per heavy atom. The Morgan fingerprint density at radius 2 is 1.68 bits per heavy atom. The Labute approximate surface area is 156 Å². The van der Waals surface area contributed by atoms with E-state index >= 15 is 0 Å². The minimum absolute atomic E-state index is 0. The molecule has 1 aliphatic heterocycles. The van der Waals surface area contributed by atoms with Crippen LogP contribution in [0.2, 0.25) is 0 Å². The van der Waals surface area contributed by atoms with Crippen LogP contribution in [0.1, 0.15) is 12.8 Å². The van der Waals surface area contributed by atoms with Gasteiger partial charge in [-0.3, -0.25) is 0 Å². The van der Waals surface area contributed by atoms with Crippen molar-refractivity contribution < 1.29 is 16.8 Å². The van der Waals surface area contributed by atoms with Crippen molar-refractivity contribution in [3.63, 3.8) is 0 Å². The first-order valence-corrected chi connectivity index (χ1v) is 11.1. The molecular weight excluding hydrogens is 386 g/mol. The smallest absolute Gasteiger partial charge is 0.240 e. The van der Waals surface area contributed by atoms with Crippen LogP contribution >= 0.6 is 12.4 Å². The van der Waals surface area contributed by atoms with E-state index in [9.17, 15) is 16.8 Å². The van der Waals surface area contributed by atoms with E-state index in [2.05, 4.69) is 10.0 Å². The Kier molecular flexibility index (Phi) is 8.79. The summed E-state index contributed by atoms with van der Waals surface area (Å²) in [5.41, 5.74) is 0. The maximum absolute atomic E-state index is 12.3. The number of hydrogen-bond acceptors (Lipinski definition) is 5. The lowest BCUT2D eigenvalue weighted by Gasteiger charge is -2.31. The first-order valence-electron chi connectivity index (χ1n) is 8.02. The van der Waals surface area contributed by atoms with Crippen LogP contribution in [0.3, 0.4) is 0 Å². The van der Waals surface area contributed by atoms with Gasteiger partial charge in [0.2, 0.25) is 20.0 Å². The lowest BCUT2D eigenvalue weighted by Crippen LogP contribution is -2.43. The topological polar surface area (TPSA) is 95.6 Å². The van der Waals surface area contributed by atoms with E-state index in [0.717, 1.165) is 19.4 Å². The third-order valence-corrected chi connectivity index (χ3v) is 7.51. The van der Waals surface area contributed by atoms with E-state index in [1.807, 2.05) is 7.05 Å². The number of nitrogens with one attached hydrogen (secondary N) is 2. The Bertz CT molecular complexity index is 718. The monoisotopic (exact) mass is 411 g/mol. The fourth-order valence-electron chi connectivity index (χ4n) is 2.80. The molecule has 7 nitrogen and oxygen atoms in total. The summed E-state index contributed by atoms with van der Waals surface area (Å²) in [7, 11) is -5.22. The highest BCUT2D eigenvalue weighted by atomic mass is 35.5. The van der Waals surface area contributed by atoms with Crippen molar-refractivity contribution in [1.29, 1.82) is 0 Å². The predicted molar refractivity (Wildman–Crippen MR) is 101 cm³/mol. The lowest BCUT2D eigenvalue weighted by atomic mass is 9.98. The lowest BCUT2D eigenvalue weighted by molar-refractivity contribution is 0.271. The number of sulfonamides is 2. The summed E-state index contributed by atoms with van der Waals surface area (Å²) in [5, 5.41) is 3.11. The summed E-state index contributed by atoms with van der Waals surface area (Å²) in [6.07, 6.45) is 1.66. The van der Waals surface area contributed by atoms with Gasteiger partial charge in [-0.15, -0.1) is 12.4 Å². The van der Waals surface area contributed by atoms with Crippen LogP contribution in [0.4, 0.5) is 0 Å². The first kappa shape index (κ1) is 22.3. The molecule has 0 amide bonds. The molecule has 1 saturated heterocycles. The zero-order valence-electron chi connectivity index (χ0n) is 14.2. The van der Waals surface area contributed by atoms with Crippen LogP contribution in [0.5, 0.6) is 0 Å². The molecule has 0 unspecified atom stereocenters. The van der Waals surface area contributed by atoms with Crippen molar-refractivity contribution in [2.75, 3.05) is 39.0 Å². The van der Waals surface area contributed by atoms with Crippen LogP contribution in [-0.2, 0) is 20.0 Å². The van der Waals surface area contributed by atoms with Crippen molar-refractivity contribution in [3.8, 4) is 0 Å². The fraction of sp³-hybridized carbons (Fsp3) is 0.600. The molecule has 2 N–H and O–H groups in total. The van der Waals surface area contributed by atoms with Gasteiger partial charge in [-0.05, 0) is 44.5 Å². The van der Waals surface area contributed by atoms with E-state index < -0.39 is 20.0 Å². The molecule has 10 heteroatoms. The standard InChI is InChI=1S/C15H25N3O4S2.ClH/c1-16-13-14-7-10-18(11-8-14)23(19,20)12-9-17-24(21,22)15-5-3-2-4-6-15;/h2-6,14,16-17H,7-13H2,1H3;1H. The second-order valence-corrected chi connectivity index (χ2v) is 9.78. The number of piperidine rings is 1. The molecule has 0 aliphatic carbocycles. The number of hydrogen-bond donors (Lipinski definition) is 2. The molecule has 2 rings (SSSR count). The molecule has 1 aromatic carbocycles. The Balaban J connectivity index is 0.00000312. The van der Waals surface area contributed by atoms with Crippen molar-refractivity contribution in [2.45, 2.75) is 17.7 Å². The second-order valence-electron chi connectivity index (χ2n) is 5.93. The summed E-state index contributed by atoms with van der Waals surface area (Å²) in [6, 6.07) is 7.93. The van der Waals surface area contributed by atoms with Gasteiger partial charge in [0.1, 0.15) is 0 Å². The van der Waals surface area contributed by atoms with Gasteiger partial charge in [0.15, 0.2) is 0 Å². The van der Waals surface area contributed by atoms with Gasteiger partial charge in [-0.25, -0.2) is 25.9 Å². The van der Waals surface area contributed by atoms with Crippen LogP contribution in [0.15, 0.2) is 35.2 Å². The zero-order chi connectivity index (χ0) is 17.6. The average Bonchev–Trinajstić information content (AvgIpc) is 2.56. The summed E-state index contributed by atoms with van der Waals surface area (Å²) in [6.45, 7) is 1.76. The summed E-state index contributed by atoms with van der Waals surface area (Å²) in [5.74, 6) is 0.272. The average molecular weight is 412 g/mol. The SMILES string of the molecule is CNCC1CCN(S(=O)(=O)CCNS(=O)(=O)c2ccccc2)CC1.Cl. The van der Waals surface area contributed by atoms with Gasteiger partial charge in [0, 0.05) is 19.6 Å². The molecule has 0 saturated carbocycles. The molecule has 1 fully saturated rings. The largest absolute Gasteiger partial charge is 0.319 e. The summed E-state index contributed by atoms with van der Waals surface area (Å²) in [4.78, 5) is 0.135. The van der Waals surface area contributed by atoms with Gasteiger partial charge >= 0.3 is 0 Å². The quantitative estimate of drug-likeness (QED) is 0.654. The second kappa shape index (κ2) is 9.84. The van der Waals surface area contributed by atoms with E-state index in [0.29, 0.717) is 19.0 Å². The van der Waals surface area contributed by atoms with E-state index in [1.165, 1.54) is 16.4 Å². The third-order valence-electron chi connectivity index (χ3n) is 4.17. The molecule has 25 heavy (non-hydrogen) atoms. The molecule has 0 radical (unpaired) electrons. The highest BCUT2D eigenvalue weighted by molar-refractivity contribution is 7.90. The van der Waals surface area contributed by atoms with Crippen LogP contribution in [-0.4, -0.2) is 60.1 Å². The molecule has 1 aromatic rings. The summed E-state index contributed by atoms with van der Waals surface area (Å²) < 4.78 is 52.7. The minimum atomic E-state index is -3.67. The van der Waals surface area contributed by atoms with Crippen molar-refractivity contribution in [3.05, 3.63) is 30.3 Å². The molecule has 1 heterocycles. The van der Waals surface area contributed by atoms with Crippen LogP contribution in [0.25, 0.3) is 0 Å². The van der Waals surface area contributed by atoms with E-state index in [-0.39, 0.29) is 29.6 Å². The van der Waals surface area contributed by atoms with Crippen molar-refractivity contribution in [1.82, 2.24) is 14.3 Å². The van der Waals surface area contributed by atoms with Gasteiger partial charge < -0.3 is 5.32 Å². The molecule has 1 aliphatic rings. The number of halogens is 1. The van der Waals surface area contributed by atoms with Gasteiger partial charge in [0.25, 0.3) is 0 Å². The highest BCUT2D eigenvalue weighted by Gasteiger charge is 2.27. The van der Waals surface area contributed by atoms with E-state index in [4.69, 9.17) is 0 Å². The predicted octanol–water partition coefficient (Wildman–Crippen LogP) is 0.648. The third kappa shape index (κ3) is 6.50. The Morgan fingerprint density at radius 3 is 2.24 bits per heavy atom. The molecule has 0 bridgehead atoms. The first-order chi connectivity index (χ1) is 11.3. The van der Waals surface area contributed by atoms with Crippen LogP contribution in [0, 0.1) is 5.92 Å². The Hall–Kier alpha value is -0.710. The zero-order valence-corrected chi connectivity index (χ0v) is 16.7. The number of benzene rings is 1. The maximum atomic E-state index is 12.3. The normalized spacial score (nSPS) is 17.2. The van der Waals surface area contributed by atoms with Crippen LogP contribution < -0.4 is 10.0 Å². The number of nitrogens with zero attached hydrogens (tertiary/aromatic N) is 1. The fourth-order valence-corrected chi connectivity index (χ4v) is 5.36. The van der Waals surface area contributed by atoms with Gasteiger partial charge in [0.05, 0.1) is 10.6 Å². The molecule has 0 atom stereocenters. The molecule has 0 spiro atoms. The number of rotatable bonds is 8. The summed E-state index contributed by atoms with van der Waals surface area (Å²) >= 11 is 0. The maximum Gasteiger partial charge on any atom is 0.240 e. The van der Waals surface area contributed by atoms with Gasteiger partial charge in [-0.2, -0.15) is 0 Å². The highest BCUT2D eigenvalue weighted by Crippen LogP contribution is 2.19. The molecular formula is C15H26ClN3O4S2. The van der Waals surface area contributed by atoms with Crippen molar-refractivity contribution in [2.24, 2.45) is 5.92 Å². The van der Waals surface area contributed by atoms with Crippen molar-refractivity contribution >= 4 is 32.5 Å². The molecule has 0 aromatic heterocycles. The van der Waals surface area contributed by atoms with E-state index in [1.54, 1.807) is 18.2 Å². The minimum Gasteiger partial charge on any atom is -0.319 e. The van der Waals surface area contributed by atoms with Gasteiger partial charge in [-0.1, -0.05) is 18.2 Å².